The lowest BCUT2D eigenvalue weighted by atomic mass is 10.1. The standard InChI is InChI=1S/C14H22ClNO2S/c1-3-10-19(17,18)14-7-5-4-6-13(14)16-11-12(2)8-9-15/h4-7,12,16H,3,8-11H2,1-2H3. The Morgan fingerprint density at radius 3 is 2.63 bits per heavy atom. The molecule has 0 amide bonds. The van der Waals surface area contributed by atoms with Gasteiger partial charge in [-0.3, -0.25) is 0 Å². The van der Waals surface area contributed by atoms with Gasteiger partial charge in [0.25, 0.3) is 0 Å². The summed E-state index contributed by atoms with van der Waals surface area (Å²) in [5.41, 5.74) is 0.692. The van der Waals surface area contributed by atoms with Crippen LogP contribution in [-0.4, -0.2) is 26.6 Å². The zero-order valence-electron chi connectivity index (χ0n) is 11.5. The van der Waals surface area contributed by atoms with Gasteiger partial charge in [0.05, 0.1) is 16.3 Å². The molecule has 1 aromatic rings. The van der Waals surface area contributed by atoms with Crippen molar-refractivity contribution in [2.24, 2.45) is 5.92 Å². The predicted octanol–water partition coefficient (Wildman–Crippen LogP) is 3.55. The molecule has 108 valence electrons. The minimum atomic E-state index is -3.19. The molecule has 1 unspecified atom stereocenters. The minimum Gasteiger partial charge on any atom is -0.384 e. The Morgan fingerprint density at radius 2 is 2.00 bits per heavy atom. The highest BCUT2D eigenvalue weighted by atomic mass is 35.5. The zero-order chi connectivity index (χ0) is 14.3. The van der Waals surface area contributed by atoms with E-state index in [1.807, 2.05) is 19.1 Å². The van der Waals surface area contributed by atoms with Crippen LogP contribution in [0.1, 0.15) is 26.7 Å². The third-order valence-electron chi connectivity index (χ3n) is 2.94. The second kappa shape index (κ2) is 7.75. The molecule has 1 aromatic carbocycles. The highest BCUT2D eigenvalue weighted by Crippen LogP contribution is 2.23. The van der Waals surface area contributed by atoms with Gasteiger partial charge in [0.15, 0.2) is 9.84 Å². The SMILES string of the molecule is CCCS(=O)(=O)c1ccccc1NCC(C)CCCl. The van der Waals surface area contributed by atoms with E-state index in [2.05, 4.69) is 12.2 Å². The fraction of sp³-hybridized carbons (Fsp3) is 0.571. The predicted molar refractivity (Wildman–Crippen MR) is 81.8 cm³/mol. The molecule has 0 bridgehead atoms. The van der Waals surface area contributed by atoms with Gasteiger partial charge in [-0.25, -0.2) is 8.42 Å². The number of hydrogen-bond acceptors (Lipinski definition) is 3. The first kappa shape index (κ1) is 16.3. The minimum absolute atomic E-state index is 0.183. The van der Waals surface area contributed by atoms with E-state index >= 15 is 0 Å². The van der Waals surface area contributed by atoms with E-state index in [9.17, 15) is 8.42 Å². The van der Waals surface area contributed by atoms with Gasteiger partial charge in [0, 0.05) is 12.4 Å². The third-order valence-corrected chi connectivity index (χ3v) is 5.13. The first-order valence-corrected chi connectivity index (χ1v) is 8.81. The monoisotopic (exact) mass is 303 g/mol. The second-order valence-electron chi connectivity index (χ2n) is 4.78. The Hall–Kier alpha value is -0.740. The summed E-state index contributed by atoms with van der Waals surface area (Å²) in [7, 11) is -3.19. The van der Waals surface area contributed by atoms with Gasteiger partial charge in [0.1, 0.15) is 0 Å². The van der Waals surface area contributed by atoms with Crippen molar-refractivity contribution in [3.63, 3.8) is 0 Å². The second-order valence-corrected chi connectivity index (χ2v) is 7.23. The van der Waals surface area contributed by atoms with Gasteiger partial charge in [-0.15, -0.1) is 11.6 Å². The van der Waals surface area contributed by atoms with Crippen LogP contribution in [0.15, 0.2) is 29.2 Å². The fourth-order valence-electron chi connectivity index (χ4n) is 1.84. The van der Waals surface area contributed by atoms with Crippen LogP contribution in [0.2, 0.25) is 0 Å². The number of benzene rings is 1. The van der Waals surface area contributed by atoms with E-state index in [0.29, 0.717) is 28.8 Å². The van der Waals surface area contributed by atoms with E-state index in [-0.39, 0.29) is 5.75 Å². The number of sulfone groups is 1. The van der Waals surface area contributed by atoms with Crippen molar-refractivity contribution >= 4 is 27.1 Å². The summed E-state index contributed by atoms with van der Waals surface area (Å²) in [6.45, 7) is 4.69. The van der Waals surface area contributed by atoms with E-state index in [1.165, 1.54) is 0 Å². The third kappa shape index (κ3) is 5.03. The molecule has 1 N–H and O–H groups in total. The molecule has 0 spiro atoms. The lowest BCUT2D eigenvalue weighted by molar-refractivity contribution is 0.590. The highest BCUT2D eigenvalue weighted by molar-refractivity contribution is 7.91. The van der Waals surface area contributed by atoms with Crippen molar-refractivity contribution in [1.29, 1.82) is 0 Å². The number of hydrogen-bond donors (Lipinski definition) is 1. The van der Waals surface area contributed by atoms with Crippen LogP contribution in [0.25, 0.3) is 0 Å². The summed E-state index contributed by atoms with van der Waals surface area (Å²) in [5, 5.41) is 3.22. The number of alkyl halides is 1. The molecule has 0 fully saturated rings. The first-order chi connectivity index (χ1) is 9.01. The molecule has 0 heterocycles. The number of nitrogens with one attached hydrogen (secondary N) is 1. The smallest absolute Gasteiger partial charge is 0.180 e. The Labute approximate surface area is 121 Å². The Morgan fingerprint density at radius 1 is 1.32 bits per heavy atom. The average Bonchev–Trinajstić information content (AvgIpc) is 2.37. The zero-order valence-corrected chi connectivity index (χ0v) is 13.1. The van der Waals surface area contributed by atoms with E-state index in [1.54, 1.807) is 12.1 Å². The molecule has 0 aliphatic carbocycles. The molecule has 5 heteroatoms. The molecule has 0 saturated heterocycles. The maximum absolute atomic E-state index is 12.2. The maximum Gasteiger partial charge on any atom is 0.180 e. The van der Waals surface area contributed by atoms with Crippen molar-refractivity contribution in [2.45, 2.75) is 31.6 Å². The van der Waals surface area contributed by atoms with Crippen molar-refractivity contribution in [2.75, 3.05) is 23.5 Å². The van der Waals surface area contributed by atoms with Crippen molar-refractivity contribution in [3.05, 3.63) is 24.3 Å². The van der Waals surface area contributed by atoms with Gasteiger partial charge >= 0.3 is 0 Å². The van der Waals surface area contributed by atoms with Crippen LogP contribution < -0.4 is 5.32 Å². The van der Waals surface area contributed by atoms with Gasteiger partial charge in [-0.2, -0.15) is 0 Å². The van der Waals surface area contributed by atoms with Crippen molar-refractivity contribution in [3.8, 4) is 0 Å². The summed E-state index contributed by atoms with van der Waals surface area (Å²) >= 11 is 5.70. The normalized spacial score (nSPS) is 13.2. The van der Waals surface area contributed by atoms with Gasteiger partial charge in [-0.05, 0) is 30.9 Å². The molecule has 0 radical (unpaired) electrons. The van der Waals surface area contributed by atoms with Crippen molar-refractivity contribution in [1.82, 2.24) is 0 Å². The summed E-state index contributed by atoms with van der Waals surface area (Å²) in [6, 6.07) is 7.09. The number of halogens is 1. The van der Waals surface area contributed by atoms with Crippen LogP contribution in [-0.2, 0) is 9.84 Å². The highest BCUT2D eigenvalue weighted by Gasteiger charge is 2.17. The van der Waals surface area contributed by atoms with Crippen LogP contribution in [0.5, 0.6) is 0 Å². The Balaban J connectivity index is 2.85. The van der Waals surface area contributed by atoms with Gasteiger partial charge < -0.3 is 5.32 Å². The summed E-state index contributed by atoms with van der Waals surface area (Å²) < 4.78 is 24.3. The summed E-state index contributed by atoms with van der Waals surface area (Å²) in [5.74, 6) is 1.22. The lowest BCUT2D eigenvalue weighted by Crippen LogP contribution is -2.15. The van der Waals surface area contributed by atoms with Gasteiger partial charge in [0.2, 0.25) is 0 Å². The molecule has 1 rings (SSSR count). The molecule has 3 nitrogen and oxygen atoms in total. The van der Waals surface area contributed by atoms with Crippen molar-refractivity contribution < 1.29 is 8.42 Å². The maximum atomic E-state index is 12.2. The molecule has 19 heavy (non-hydrogen) atoms. The first-order valence-electron chi connectivity index (χ1n) is 6.63. The number of anilines is 1. The van der Waals surface area contributed by atoms with Crippen LogP contribution in [0.3, 0.4) is 0 Å². The molecule has 0 aromatic heterocycles. The largest absolute Gasteiger partial charge is 0.384 e. The van der Waals surface area contributed by atoms with Crippen LogP contribution >= 0.6 is 11.6 Å². The topological polar surface area (TPSA) is 46.2 Å². The lowest BCUT2D eigenvalue weighted by Gasteiger charge is -2.15. The number of para-hydroxylation sites is 1. The molecule has 1 atom stereocenters. The van der Waals surface area contributed by atoms with E-state index in [4.69, 9.17) is 11.6 Å². The van der Waals surface area contributed by atoms with Crippen LogP contribution in [0.4, 0.5) is 5.69 Å². The van der Waals surface area contributed by atoms with Crippen LogP contribution in [0, 0.1) is 5.92 Å². The summed E-state index contributed by atoms with van der Waals surface area (Å²) in [6.07, 6.45) is 1.54. The Kier molecular flexibility index (Phi) is 6.66. The summed E-state index contributed by atoms with van der Waals surface area (Å²) in [4.78, 5) is 0.398. The molecule has 0 aliphatic heterocycles. The van der Waals surface area contributed by atoms with E-state index in [0.717, 1.165) is 13.0 Å². The van der Waals surface area contributed by atoms with Gasteiger partial charge in [-0.1, -0.05) is 26.0 Å². The molecular weight excluding hydrogens is 282 g/mol. The molecular formula is C14H22ClNO2S. The van der Waals surface area contributed by atoms with E-state index < -0.39 is 9.84 Å². The number of rotatable bonds is 8. The quantitative estimate of drug-likeness (QED) is 0.747. The Bertz CT molecular complexity index is 488. The molecule has 0 saturated carbocycles. The fourth-order valence-corrected chi connectivity index (χ4v) is 3.73. The molecule has 0 aliphatic rings. The average molecular weight is 304 g/mol.